The number of rotatable bonds is 7. The zero-order chi connectivity index (χ0) is 26.6. The molecular weight excluding hydrogens is 496 g/mol. The topological polar surface area (TPSA) is 58.6 Å². The SMILES string of the molecule is CCCCCC(=O)N1c2ccccc2NC2=C(C(=O)C[C@@H](c3ccc(Cl)cc3)C2)[C@H]1c1cccc(OC)c1. The van der Waals surface area contributed by atoms with Gasteiger partial charge in [0, 0.05) is 29.1 Å². The van der Waals surface area contributed by atoms with Gasteiger partial charge in [-0.3, -0.25) is 14.5 Å². The summed E-state index contributed by atoms with van der Waals surface area (Å²) in [5, 5.41) is 4.26. The Labute approximate surface area is 229 Å². The smallest absolute Gasteiger partial charge is 0.227 e. The summed E-state index contributed by atoms with van der Waals surface area (Å²) in [5.74, 6) is 0.777. The van der Waals surface area contributed by atoms with Gasteiger partial charge in [0.25, 0.3) is 0 Å². The van der Waals surface area contributed by atoms with Crippen LogP contribution in [0, 0.1) is 0 Å². The molecule has 2 aliphatic rings. The molecule has 0 radical (unpaired) electrons. The predicted octanol–water partition coefficient (Wildman–Crippen LogP) is 7.83. The minimum Gasteiger partial charge on any atom is -0.497 e. The molecule has 0 aromatic heterocycles. The van der Waals surface area contributed by atoms with Crippen LogP contribution in [0.5, 0.6) is 5.75 Å². The van der Waals surface area contributed by atoms with Crippen LogP contribution in [0.1, 0.15) is 68.5 Å². The van der Waals surface area contributed by atoms with E-state index in [0.29, 0.717) is 35.6 Å². The van der Waals surface area contributed by atoms with E-state index in [9.17, 15) is 9.59 Å². The molecule has 0 saturated carbocycles. The summed E-state index contributed by atoms with van der Waals surface area (Å²) in [5.41, 5.74) is 5.08. The number of benzene rings is 3. The molecule has 1 amide bonds. The zero-order valence-corrected chi connectivity index (χ0v) is 22.6. The average molecular weight is 529 g/mol. The number of amides is 1. The van der Waals surface area contributed by atoms with Gasteiger partial charge in [-0.25, -0.2) is 0 Å². The van der Waals surface area contributed by atoms with Gasteiger partial charge in [-0.2, -0.15) is 0 Å². The van der Waals surface area contributed by atoms with Crippen LogP contribution in [0.4, 0.5) is 11.4 Å². The largest absolute Gasteiger partial charge is 0.497 e. The van der Waals surface area contributed by atoms with Gasteiger partial charge >= 0.3 is 0 Å². The Kier molecular flexibility index (Phi) is 7.85. The predicted molar refractivity (Wildman–Crippen MR) is 153 cm³/mol. The Hall–Kier alpha value is -3.57. The fraction of sp³-hybridized carbons (Fsp3) is 0.312. The molecular formula is C32H33ClN2O3. The van der Waals surface area contributed by atoms with Gasteiger partial charge in [-0.15, -0.1) is 0 Å². The minimum absolute atomic E-state index is 0.0156. The molecule has 6 heteroatoms. The lowest BCUT2D eigenvalue weighted by atomic mass is 9.78. The maximum Gasteiger partial charge on any atom is 0.227 e. The van der Waals surface area contributed by atoms with Crippen LogP contribution in [0.2, 0.25) is 5.02 Å². The number of halogens is 1. The highest BCUT2D eigenvalue weighted by molar-refractivity contribution is 6.30. The molecule has 2 atom stereocenters. The molecule has 196 valence electrons. The second-order valence-electron chi connectivity index (χ2n) is 10.0. The first-order chi connectivity index (χ1) is 18.5. The highest BCUT2D eigenvalue weighted by Gasteiger charge is 2.41. The Balaban J connectivity index is 1.67. The second-order valence-corrected chi connectivity index (χ2v) is 10.5. The Morgan fingerprint density at radius 3 is 2.55 bits per heavy atom. The summed E-state index contributed by atoms with van der Waals surface area (Å²) in [4.78, 5) is 29.8. The van der Waals surface area contributed by atoms with Crippen LogP contribution < -0.4 is 15.0 Å². The van der Waals surface area contributed by atoms with Crippen LogP contribution in [-0.4, -0.2) is 18.8 Å². The van der Waals surface area contributed by atoms with Crippen LogP contribution in [0.25, 0.3) is 0 Å². The summed E-state index contributed by atoms with van der Waals surface area (Å²) in [6.45, 7) is 2.13. The molecule has 38 heavy (non-hydrogen) atoms. The maximum atomic E-state index is 14.1. The quantitative estimate of drug-likeness (QED) is 0.317. The summed E-state index contributed by atoms with van der Waals surface area (Å²) in [6.07, 6.45) is 4.29. The molecule has 1 N–H and O–H groups in total. The van der Waals surface area contributed by atoms with Crippen molar-refractivity contribution in [2.45, 2.75) is 57.4 Å². The van der Waals surface area contributed by atoms with Crippen molar-refractivity contribution >= 4 is 34.7 Å². The Bertz CT molecular complexity index is 1370. The van der Waals surface area contributed by atoms with Crippen molar-refractivity contribution in [3.63, 3.8) is 0 Å². The van der Waals surface area contributed by atoms with Gasteiger partial charge in [0.05, 0.1) is 24.5 Å². The van der Waals surface area contributed by atoms with E-state index in [1.165, 1.54) is 0 Å². The van der Waals surface area contributed by atoms with Gasteiger partial charge in [0.15, 0.2) is 5.78 Å². The molecule has 0 spiro atoms. The van der Waals surface area contributed by atoms with Crippen LogP contribution in [0.3, 0.4) is 0 Å². The van der Waals surface area contributed by atoms with Crippen molar-refractivity contribution in [1.82, 2.24) is 0 Å². The normalized spacial score (nSPS) is 18.8. The van der Waals surface area contributed by atoms with Crippen LogP contribution >= 0.6 is 11.6 Å². The molecule has 1 heterocycles. The lowest BCUT2D eigenvalue weighted by Crippen LogP contribution is -2.38. The molecule has 3 aromatic rings. The molecule has 0 fully saturated rings. The van der Waals surface area contributed by atoms with Crippen molar-refractivity contribution in [3.8, 4) is 5.75 Å². The zero-order valence-electron chi connectivity index (χ0n) is 21.9. The molecule has 0 saturated heterocycles. The van der Waals surface area contributed by atoms with Crippen LogP contribution in [0.15, 0.2) is 84.1 Å². The van der Waals surface area contributed by atoms with E-state index >= 15 is 0 Å². The summed E-state index contributed by atoms with van der Waals surface area (Å²) in [7, 11) is 1.63. The standard InChI is InChI=1S/C32H33ClN2O3/c1-3-4-5-13-30(37)35-28-12-7-6-11-26(28)34-27-19-23(21-14-16-24(33)17-15-21)20-29(36)31(27)32(35)22-9-8-10-25(18-22)38-2/h6-12,14-18,23,32,34H,3-5,13,19-20H2,1-2H3/t23-,32+/m0/s1. The van der Waals surface area contributed by atoms with Crippen molar-refractivity contribution in [2.24, 2.45) is 0 Å². The van der Waals surface area contributed by atoms with Crippen molar-refractivity contribution < 1.29 is 14.3 Å². The molecule has 1 aliphatic heterocycles. The van der Waals surface area contributed by atoms with Gasteiger partial charge in [0.2, 0.25) is 5.91 Å². The third-order valence-electron chi connectivity index (χ3n) is 7.50. The van der Waals surface area contributed by atoms with E-state index < -0.39 is 6.04 Å². The number of nitrogens with zero attached hydrogens (tertiary/aromatic N) is 1. The third kappa shape index (κ3) is 5.21. The van der Waals surface area contributed by atoms with Crippen molar-refractivity contribution in [1.29, 1.82) is 0 Å². The number of ketones is 1. The number of carbonyl (C=O) groups excluding carboxylic acids is 2. The first-order valence-corrected chi connectivity index (χ1v) is 13.7. The highest BCUT2D eigenvalue weighted by Crippen LogP contribution is 2.48. The van der Waals surface area contributed by atoms with Gasteiger partial charge in [-0.1, -0.05) is 67.8 Å². The van der Waals surface area contributed by atoms with E-state index in [-0.39, 0.29) is 17.6 Å². The van der Waals surface area contributed by atoms with E-state index in [4.69, 9.17) is 16.3 Å². The maximum absolute atomic E-state index is 14.1. The van der Waals surface area contributed by atoms with E-state index in [1.54, 1.807) is 7.11 Å². The number of fused-ring (bicyclic) bond motifs is 1. The average Bonchev–Trinajstić information content (AvgIpc) is 3.08. The number of anilines is 2. The van der Waals surface area contributed by atoms with Crippen molar-refractivity contribution in [2.75, 3.05) is 17.3 Å². The van der Waals surface area contributed by atoms with Crippen molar-refractivity contribution in [3.05, 3.63) is 100 Å². The Morgan fingerprint density at radius 2 is 1.79 bits per heavy atom. The van der Waals surface area contributed by atoms with E-state index in [2.05, 4.69) is 12.2 Å². The minimum atomic E-state index is -0.552. The lowest BCUT2D eigenvalue weighted by Gasteiger charge is -2.35. The summed E-state index contributed by atoms with van der Waals surface area (Å²) >= 11 is 6.13. The van der Waals surface area contributed by atoms with E-state index in [1.807, 2.05) is 77.7 Å². The number of allylic oxidation sites excluding steroid dienone is 1. The Morgan fingerprint density at radius 1 is 1.00 bits per heavy atom. The number of ether oxygens (including phenoxy) is 1. The number of carbonyl (C=O) groups is 2. The number of nitrogens with one attached hydrogen (secondary N) is 1. The first kappa shape index (κ1) is 26.1. The molecule has 5 rings (SSSR count). The van der Waals surface area contributed by atoms with E-state index in [0.717, 1.165) is 47.5 Å². The number of hydrogen-bond acceptors (Lipinski definition) is 4. The molecule has 1 aliphatic carbocycles. The summed E-state index contributed by atoms with van der Waals surface area (Å²) in [6, 6.07) is 22.8. The van der Waals surface area contributed by atoms with Crippen LogP contribution in [-0.2, 0) is 9.59 Å². The number of para-hydroxylation sites is 2. The lowest BCUT2D eigenvalue weighted by molar-refractivity contribution is -0.119. The van der Waals surface area contributed by atoms with Gasteiger partial charge < -0.3 is 10.1 Å². The second kappa shape index (κ2) is 11.4. The molecule has 0 bridgehead atoms. The van der Waals surface area contributed by atoms with Gasteiger partial charge in [0.1, 0.15) is 5.75 Å². The third-order valence-corrected chi connectivity index (χ3v) is 7.75. The molecule has 0 unspecified atom stereocenters. The summed E-state index contributed by atoms with van der Waals surface area (Å²) < 4.78 is 5.54. The molecule has 3 aromatic carbocycles. The first-order valence-electron chi connectivity index (χ1n) is 13.3. The fourth-order valence-corrected chi connectivity index (χ4v) is 5.74. The molecule has 5 nitrogen and oxygen atoms in total. The monoisotopic (exact) mass is 528 g/mol. The fourth-order valence-electron chi connectivity index (χ4n) is 5.61. The highest BCUT2D eigenvalue weighted by atomic mass is 35.5. The number of unbranched alkanes of at least 4 members (excludes halogenated alkanes) is 2. The number of Topliss-reactive ketones (excluding diaryl/α,β-unsaturated/α-hetero) is 1. The van der Waals surface area contributed by atoms with Gasteiger partial charge in [-0.05, 0) is 66.3 Å². The number of methoxy groups -OCH3 is 1. The number of hydrogen-bond donors (Lipinski definition) is 1.